The highest BCUT2D eigenvalue weighted by Gasteiger charge is 3.02. The number of hydrogen-bond acceptors (Lipinski definition) is 1. The van der Waals surface area contributed by atoms with E-state index in [-0.39, 0.29) is 0 Å². The van der Waals surface area contributed by atoms with Crippen LogP contribution in [0.2, 0.25) is 0 Å². The van der Waals surface area contributed by atoms with E-state index in [1.165, 1.54) is 4.74 Å². The van der Waals surface area contributed by atoms with E-state index in [2.05, 4.69) is 0 Å². The van der Waals surface area contributed by atoms with Gasteiger partial charge in [-0.3, -0.25) is 4.74 Å². The molecule has 37 heavy (non-hydrogen) atoms. The van der Waals surface area contributed by atoms with Crippen LogP contribution in [0.5, 0.6) is 0 Å². The molecule has 25 heteroatoms. The fourth-order valence-electron chi connectivity index (χ4n) is 2.32. The molecule has 1 unspecified atom stereocenters. The largest absolute Gasteiger partial charge is 0.460 e. The van der Waals surface area contributed by atoms with Gasteiger partial charge < -0.3 is 0 Å². The van der Waals surface area contributed by atoms with Gasteiger partial charge in [-0.1, -0.05) is 0 Å². The highest BCUT2D eigenvalue weighted by atomic mass is 19.4. The van der Waals surface area contributed by atoms with Gasteiger partial charge in [0.05, 0.1) is 0 Å². The van der Waals surface area contributed by atoms with Crippen LogP contribution in [-0.2, 0) is 4.74 Å². The molecule has 0 aromatic heterocycles. The average molecular weight is 616 g/mol. The predicted octanol–water partition coefficient (Wildman–Crippen LogP) is 7.56. The summed E-state index contributed by atoms with van der Waals surface area (Å²) in [5, 5.41) is 0. The van der Waals surface area contributed by atoms with Gasteiger partial charge in [-0.15, -0.1) is 0 Å². The monoisotopic (exact) mass is 616 g/mol. The summed E-state index contributed by atoms with van der Waals surface area (Å²) in [5.74, 6) is -88.3. The zero-order valence-electron chi connectivity index (χ0n) is 15.5. The summed E-state index contributed by atoms with van der Waals surface area (Å²) < 4.78 is 314. The minimum absolute atomic E-state index is 1.36. The van der Waals surface area contributed by atoms with Gasteiger partial charge in [-0.25, -0.2) is 0 Å². The average Bonchev–Trinajstić information content (AvgIpc) is 2.74. The van der Waals surface area contributed by atoms with Crippen LogP contribution >= 0.6 is 0 Å². The normalized spacial score (nSPS) is 25.9. The lowest BCUT2D eigenvalue weighted by molar-refractivity contribution is -0.482. The Labute approximate surface area is 183 Å². The zero-order chi connectivity index (χ0) is 30.7. The quantitative estimate of drug-likeness (QED) is 0.269. The summed E-state index contributed by atoms with van der Waals surface area (Å²) in [6, 6.07) is 0. The van der Waals surface area contributed by atoms with Crippen molar-refractivity contribution in [2.75, 3.05) is 0 Å². The van der Waals surface area contributed by atoms with E-state index in [9.17, 15) is 105 Å². The molecular formula is C12F24O. The van der Waals surface area contributed by atoms with Crippen molar-refractivity contribution in [3.05, 3.63) is 0 Å². The van der Waals surface area contributed by atoms with E-state index < -0.39 is 71.4 Å². The third-order valence-corrected chi connectivity index (χ3v) is 4.56. The molecule has 0 aromatic carbocycles. The molecule has 1 nitrogen and oxygen atoms in total. The molecule has 0 aliphatic carbocycles. The van der Waals surface area contributed by atoms with Crippen molar-refractivity contribution in [2.45, 2.75) is 71.4 Å². The van der Waals surface area contributed by atoms with Gasteiger partial charge in [0.2, 0.25) is 0 Å². The van der Waals surface area contributed by atoms with Crippen LogP contribution in [0.25, 0.3) is 0 Å². The first kappa shape index (κ1) is 33.3. The van der Waals surface area contributed by atoms with Crippen LogP contribution in [0.15, 0.2) is 0 Å². The van der Waals surface area contributed by atoms with Crippen molar-refractivity contribution in [3.8, 4) is 0 Å². The number of ether oxygens (including phenoxy) is 1. The second-order valence-corrected chi connectivity index (χ2v) is 6.88. The van der Waals surface area contributed by atoms with Crippen LogP contribution in [0.1, 0.15) is 0 Å². The van der Waals surface area contributed by atoms with Crippen molar-refractivity contribution in [1.29, 1.82) is 0 Å². The van der Waals surface area contributed by atoms with Crippen molar-refractivity contribution >= 4 is 0 Å². The SMILES string of the molecule is FC(F)(F)C(F)(F)C(F)(F)C(F)(F)C(F)(F)C(F)(F)C(F)(F)C(F)(F)C1(F)OC(F)(F)C(F)(F)C1(F)F. The van der Waals surface area contributed by atoms with Gasteiger partial charge in [0.15, 0.2) is 0 Å². The molecule has 0 aromatic rings. The Bertz CT molecular complexity index is 894. The Kier molecular flexibility index (Phi) is 6.73. The maximum absolute atomic E-state index is 13.8. The predicted molar refractivity (Wildman–Crippen MR) is 60.4 cm³/mol. The van der Waals surface area contributed by atoms with Crippen LogP contribution in [0.3, 0.4) is 0 Å². The molecule has 1 aliphatic rings. The molecule has 0 bridgehead atoms. The van der Waals surface area contributed by atoms with E-state index in [4.69, 9.17) is 0 Å². The van der Waals surface area contributed by atoms with Crippen LogP contribution in [-0.4, -0.2) is 71.4 Å². The highest BCUT2D eigenvalue weighted by Crippen LogP contribution is 2.70. The molecule has 1 heterocycles. The van der Waals surface area contributed by atoms with Crippen molar-refractivity contribution in [2.24, 2.45) is 0 Å². The third kappa shape index (κ3) is 3.35. The lowest BCUT2D eigenvalue weighted by atomic mass is 9.85. The number of rotatable bonds is 7. The molecule has 0 saturated carbocycles. The first-order valence-corrected chi connectivity index (χ1v) is 7.69. The first-order chi connectivity index (χ1) is 15.5. The highest BCUT2D eigenvalue weighted by molar-refractivity contribution is 5.21. The molecule has 0 N–H and O–H groups in total. The summed E-state index contributed by atoms with van der Waals surface area (Å²) in [6.45, 7) is 0. The summed E-state index contributed by atoms with van der Waals surface area (Å²) in [6.07, 6.45) is -15.5. The maximum Gasteiger partial charge on any atom is 0.460 e. The smallest absolute Gasteiger partial charge is 0.267 e. The fraction of sp³-hybridized carbons (Fsp3) is 1.00. The molecule has 1 saturated heterocycles. The summed E-state index contributed by atoms with van der Waals surface area (Å²) in [4.78, 5) is 0. The minimum atomic E-state index is -9.43. The Morgan fingerprint density at radius 1 is 0.351 bits per heavy atom. The van der Waals surface area contributed by atoms with E-state index >= 15 is 0 Å². The maximum atomic E-state index is 13.8. The summed E-state index contributed by atoms with van der Waals surface area (Å²) in [7, 11) is 0. The van der Waals surface area contributed by atoms with Gasteiger partial charge in [0, 0.05) is 0 Å². The minimum Gasteiger partial charge on any atom is -0.267 e. The lowest BCUT2D eigenvalue weighted by Gasteiger charge is -2.44. The van der Waals surface area contributed by atoms with E-state index in [0.717, 1.165) is 0 Å². The van der Waals surface area contributed by atoms with Gasteiger partial charge >= 0.3 is 71.4 Å². The summed E-state index contributed by atoms with van der Waals surface area (Å²) >= 11 is 0. The molecule has 0 spiro atoms. The van der Waals surface area contributed by atoms with Gasteiger partial charge in [-0.05, 0) is 0 Å². The fourth-order valence-corrected chi connectivity index (χ4v) is 2.32. The molecular weight excluding hydrogens is 616 g/mol. The Hall–Kier alpha value is -1.72. The third-order valence-electron chi connectivity index (χ3n) is 4.56. The Morgan fingerprint density at radius 3 is 0.865 bits per heavy atom. The summed E-state index contributed by atoms with van der Waals surface area (Å²) in [5.41, 5.74) is 0. The molecule has 1 atom stereocenters. The zero-order valence-corrected chi connectivity index (χ0v) is 15.5. The molecule has 1 fully saturated rings. The number of hydrogen-bond donors (Lipinski definition) is 0. The van der Waals surface area contributed by atoms with E-state index in [1.807, 2.05) is 0 Å². The van der Waals surface area contributed by atoms with Crippen LogP contribution in [0.4, 0.5) is 105 Å². The topological polar surface area (TPSA) is 9.23 Å². The first-order valence-electron chi connectivity index (χ1n) is 7.69. The second-order valence-electron chi connectivity index (χ2n) is 6.88. The number of alkyl halides is 24. The Morgan fingerprint density at radius 2 is 0.622 bits per heavy atom. The molecule has 1 rings (SSSR count). The molecule has 0 radical (unpaired) electrons. The number of halogens is 24. The van der Waals surface area contributed by atoms with Crippen molar-refractivity contribution in [3.63, 3.8) is 0 Å². The van der Waals surface area contributed by atoms with Gasteiger partial charge in [-0.2, -0.15) is 105 Å². The molecule has 1 aliphatic heterocycles. The second kappa shape index (κ2) is 7.47. The van der Waals surface area contributed by atoms with E-state index in [0.29, 0.717) is 0 Å². The van der Waals surface area contributed by atoms with Gasteiger partial charge in [0.1, 0.15) is 0 Å². The molecule has 0 amide bonds. The lowest BCUT2D eigenvalue weighted by Crippen LogP contribution is -2.77. The van der Waals surface area contributed by atoms with Crippen molar-refractivity contribution in [1.82, 2.24) is 0 Å². The van der Waals surface area contributed by atoms with E-state index in [1.54, 1.807) is 0 Å². The standard InChI is InChI=1S/C12F24O/c13-1(14,3(17,18)5(21,22)8(27,28)11(32,33)34)2(15,16)4(19,20)6(23,24)10(31)7(25,26)9(29,30)12(35,36)37-10. The van der Waals surface area contributed by atoms with Gasteiger partial charge in [0.25, 0.3) is 0 Å². The molecule has 222 valence electrons. The van der Waals surface area contributed by atoms with Crippen LogP contribution in [0, 0.1) is 0 Å². The van der Waals surface area contributed by atoms with Crippen molar-refractivity contribution < 1.29 is 110 Å². The Balaban J connectivity index is 3.89. The van der Waals surface area contributed by atoms with Crippen LogP contribution < -0.4 is 0 Å².